The van der Waals surface area contributed by atoms with E-state index < -0.39 is 0 Å². The van der Waals surface area contributed by atoms with Gasteiger partial charge in [0, 0.05) is 16.6 Å². The van der Waals surface area contributed by atoms with Crippen LogP contribution in [0.2, 0.25) is 5.02 Å². The topological polar surface area (TPSA) is 68.1 Å². The predicted molar refractivity (Wildman–Crippen MR) is 124 cm³/mol. The number of hydrogen-bond donors (Lipinski definition) is 0. The standard InChI is InChI=1S/C25H15ClN4O2/c1-14-21-22-19(13-27-23(21)30(28-14)17-11-9-16(26)10-12-17)24(31)29(25(22)32)20-8-4-6-15-5-2-3-7-18(15)20/h2-13H,1H3. The number of carbonyl (C=O) groups excluding carboxylic acids is 2. The van der Waals surface area contributed by atoms with Crippen molar-refractivity contribution in [3.8, 4) is 5.69 Å². The first-order chi connectivity index (χ1) is 15.5. The number of anilines is 1. The molecular formula is C25H15ClN4O2. The molecule has 6 rings (SSSR count). The summed E-state index contributed by atoms with van der Waals surface area (Å²) >= 11 is 6.02. The first kappa shape index (κ1) is 18.7. The van der Waals surface area contributed by atoms with Crippen molar-refractivity contribution in [1.29, 1.82) is 0 Å². The van der Waals surface area contributed by atoms with Gasteiger partial charge in [-0.3, -0.25) is 9.59 Å². The largest absolute Gasteiger partial charge is 0.268 e. The SMILES string of the molecule is Cc1nn(-c2ccc(Cl)cc2)c2ncc3c(c12)C(=O)N(c1cccc2ccccc12)C3=O. The summed E-state index contributed by atoms with van der Waals surface area (Å²) in [4.78, 5) is 32.7. The normalized spacial score (nSPS) is 13.4. The highest BCUT2D eigenvalue weighted by atomic mass is 35.5. The van der Waals surface area contributed by atoms with Crippen LogP contribution in [0.3, 0.4) is 0 Å². The first-order valence-corrected chi connectivity index (χ1v) is 10.4. The zero-order valence-corrected chi connectivity index (χ0v) is 17.7. The molecule has 0 atom stereocenters. The summed E-state index contributed by atoms with van der Waals surface area (Å²) in [5.74, 6) is -0.748. The van der Waals surface area contributed by atoms with Crippen LogP contribution in [0, 0.1) is 6.92 Å². The van der Waals surface area contributed by atoms with E-state index in [1.54, 1.807) is 22.9 Å². The minimum atomic E-state index is -0.380. The summed E-state index contributed by atoms with van der Waals surface area (Å²) in [5, 5.41) is 7.59. The Hall–Kier alpha value is -4.03. The molecule has 32 heavy (non-hydrogen) atoms. The summed E-state index contributed by atoms with van der Waals surface area (Å²) in [6.45, 7) is 1.81. The number of pyridine rings is 1. The molecule has 6 nitrogen and oxygen atoms in total. The van der Waals surface area contributed by atoms with Crippen molar-refractivity contribution in [1.82, 2.24) is 14.8 Å². The van der Waals surface area contributed by atoms with Crippen molar-refractivity contribution in [2.24, 2.45) is 0 Å². The van der Waals surface area contributed by atoms with E-state index in [9.17, 15) is 9.59 Å². The molecule has 154 valence electrons. The number of aromatic nitrogens is 3. The van der Waals surface area contributed by atoms with Crippen molar-refractivity contribution in [3.05, 3.63) is 94.8 Å². The monoisotopic (exact) mass is 438 g/mol. The van der Waals surface area contributed by atoms with Crippen LogP contribution in [0.15, 0.2) is 72.9 Å². The average molecular weight is 439 g/mol. The number of aryl methyl sites for hydroxylation is 1. The zero-order chi connectivity index (χ0) is 22.0. The lowest BCUT2D eigenvalue weighted by atomic mass is 10.1. The smallest absolute Gasteiger partial charge is 0.267 e. The fourth-order valence-corrected chi connectivity index (χ4v) is 4.47. The van der Waals surface area contributed by atoms with Crippen molar-refractivity contribution in [3.63, 3.8) is 0 Å². The van der Waals surface area contributed by atoms with Crippen LogP contribution in [0.1, 0.15) is 26.4 Å². The number of benzene rings is 3. The van der Waals surface area contributed by atoms with Crippen LogP contribution in [0.4, 0.5) is 5.69 Å². The fourth-order valence-electron chi connectivity index (χ4n) is 4.35. The van der Waals surface area contributed by atoms with Gasteiger partial charge in [0.15, 0.2) is 5.65 Å². The molecule has 0 N–H and O–H groups in total. The number of carbonyl (C=O) groups is 2. The van der Waals surface area contributed by atoms with Crippen LogP contribution in [0.5, 0.6) is 0 Å². The Morgan fingerprint density at radius 3 is 2.44 bits per heavy atom. The van der Waals surface area contributed by atoms with E-state index in [2.05, 4.69) is 10.1 Å². The lowest BCUT2D eigenvalue weighted by Gasteiger charge is -2.16. The number of halogens is 1. The Bertz CT molecular complexity index is 1580. The summed E-state index contributed by atoms with van der Waals surface area (Å²) in [6, 6.07) is 20.5. The Kier molecular flexibility index (Phi) is 3.94. The molecule has 0 saturated heterocycles. The zero-order valence-electron chi connectivity index (χ0n) is 16.9. The third-order valence-electron chi connectivity index (χ3n) is 5.80. The number of imide groups is 1. The van der Waals surface area contributed by atoms with E-state index in [0.29, 0.717) is 33.0 Å². The van der Waals surface area contributed by atoms with Gasteiger partial charge in [-0.15, -0.1) is 0 Å². The number of hydrogen-bond acceptors (Lipinski definition) is 4. The molecule has 2 aromatic heterocycles. The second kappa shape index (κ2) is 6.73. The fraction of sp³-hybridized carbons (Fsp3) is 0.0400. The molecule has 3 aromatic carbocycles. The van der Waals surface area contributed by atoms with Crippen molar-refractivity contribution >= 4 is 50.9 Å². The molecule has 1 aliphatic heterocycles. The summed E-state index contributed by atoms with van der Waals surface area (Å²) < 4.78 is 1.67. The second-order valence-electron chi connectivity index (χ2n) is 7.66. The Morgan fingerprint density at radius 1 is 0.875 bits per heavy atom. The van der Waals surface area contributed by atoms with Gasteiger partial charge in [0.1, 0.15) is 0 Å². The van der Waals surface area contributed by atoms with E-state index in [1.165, 1.54) is 11.1 Å². The van der Waals surface area contributed by atoms with Crippen LogP contribution in [-0.2, 0) is 0 Å². The highest BCUT2D eigenvalue weighted by molar-refractivity contribution is 6.38. The maximum absolute atomic E-state index is 13.6. The van der Waals surface area contributed by atoms with Crippen molar-refractivity contribution < 1.29 is 9.59 Å². The summed E-state index contributed by atoms with van der Waals surface area (Å²) in [5.41, 5.74) is 3.09. The molecule has 0 spiro atoms. The molecule has 5 aromatic rings. The van der Waals surface area contributed by atoms with E-state index >= 15 is 0 Å². The van der Waals surface area contributed by atoms with E-state index in [-0.39, 0.29) is 17.4 Å². The number of rotatable bonds is 2. The minimum Gasteiger partial charge on any atom is -0.268 e. The number of nitrogens with zero attached hydrogens (tertiary/aromatic N) is 4. The third-order valence-corrected chi connectivity index (χ3v) is 6.05. The Morgan fingerprint density at radius 2 is 1.62 bits per heavy atom. The van der Waals surface area contributed by atoms with Crippen LogP contribution < -0.4 is 4.90 Å². The minimum absolute atomic E-state index is 0.286. The van der Waals surface area contributed by atoms with E-state index in [0.717, 1.165) is 16.5 Å². The molecular weight excluding hydrogens is 424 g/mol. The van der Waals surface area contributed by atoms with Gasteiger partial charge < -0.3 is 0 Å². The maximum Gasteiger partial charge on any atom is 0.267 e. The molecule has 2 amide bonds. The molecule has 1 aliphatic rings. The number of fused-ring (bicyclic) bond motifs is 4. The van der Waals surface area contributed by atoms with Crippen molar-refractivity contribution in [2.75, 3.05) is 4.90 Å². The van der Waals surface area contributed by atoms with Crippen molar-refractivity contribution in [2.45, 2.75) is 6.92 Å². The second-order valence-corrected chi connectivity index (χ2v) is 8.10. The van der Waals surface area contributed by atoms with Gasteiger partial charge in [-0.1, -0.05) is 48.0 Å². The van der Waals surface area contributed by atoms with Gasteiger partial charge in [0.2, 0.25) is 0 Å². The van der Waals surface area contributed by atoms with E-state index in [4.69, 9.17) is 11.6 Å². The first-order valence-electron chi connectivity index (χ1n) is 10.1. The number of amides is 2. The molecule has 0 fully saturated rings. The molecule has 0 saturated carbocycles. The van der Waals surface area contributed by atoms with E-state index in [1.807, 2.05) is 55.5 Å². The predicted octanol–water partition coefficient (Wildman–Crippen LogP) is 5.34. The average Bonchev–Trinajstić information content (AvgIpc) is 3.27. The Labute approximate surface area is 187 Å². The van der Waals surface area contributed by atoms with Gasteiger partial charge in [-0.2, -0.15) is 5.10 Å². The molecule has 0 unspecified atom stereocenters. The van der Waals surface area contributed by atoms with Crippen LogP contribution in [-0.4, -0.2) is 26.6 Å². The highest BCUT2D eigenvalue weighted by Gasteiger charge is 2.40. The molecule has 0 aliphatic carbocycles. The van der Waals surface area contributed by atoms with Gasteiger partial charge >= 0.3 is 0 Å². The van der Waals surface area contributed by atoms with Crippen LogP contribution in [0.25, 0.3) is 27.5 Å². The van der Waals surface area contributed by atoms with Gasteiger partial charge in [-0.25, -0.2) is 14.6 Å². The quantitative estimate of drug-likeness (QED) is 0.349. The van der Waals surface area contributed by atoms with Gasteiger partial charge in [-0.05, 0) is 42.6 Å². The lowest BCUT2D eigenvalue weighted by Crippen LogP contribution is -2.29. The van der Waals surface area contributed by atoms with Gasteiger partial charge in [0.25, 0.3) is 11.8 Å². The van der Waals surface area contributed by atoms with Crippen LogP contribution >= 0.6 is 11.6 Å². The third kappa shape index (κ3) is 2.53. The lowest BCUT2D eigenvalue weighted by molar-refractivity contribution is 0.0927. The Balaban J connectivity index is 1.57. The molecule has 3 heterocycles. The highest BCUT2D eigenvalue weighted by Crippen LogP contribution is 2.37. The molecule has 0 radical (unpaired) electrons. The summed E-state index contributed by atoms with van der Waals surface area (Å²) in [7, 11) is 0. The molecule has 7 heteroatoms. The maximum atomic E-state index is 13.6. The molecule has 0 bridgehead atoms. The summed E-state index contributed by atoms with van der Waals surface area (Å²) in [6.07, 6.45) is 1.47. The van der Waals surface area contributed by atoms with Gasteiger partial charge in [0.05, 0.1) is 33.6 Å².